The molecule has 6 heteroatoms. The lowest BCUT2D eigenvalue weighted by Crippen LogP contribution is -2.44. The number of primary amides is 1. The molecular formula is C11H14N2O4. The van der Waals surface area contributed by atoms with Crippen molar-refractivity contribution >= 4 is 17.7 Å². The Hall–Kier alpha value is -1.43. The van der Waals surface area contributed by atoms with E-state index in [4.69, 9.17) is 10.5 Å². The smallest absolute Gasteiger partial charge is 0.233 e. The molecule has 0 aromatic carbocycles. The Labute approximate surface area is 97.9 Å². The van der Waals surface area contributed by atoms with Gasteiger partial charge >= 0.3 is 0 Å². The molecule has 3 heterocycles. The molecule has 3 aliphatic rings. The van der Waals surface area contributed by atoms with E-state index in [9.17, 15) is 14.4 Å². The average Bonchev–Trinajstić information content (AvgIpc) is 2.74. The van der Waals surface area contributed by atoms with Crippen molar-refractivity contribution in [2.45, 2.75) is 37.4 Å². The van der Waals surface area contributed by atoms with Crippen LogP contribution in [0, 0.1) is 11.8 Å². The molecule has 0 saturated carbocycles. The summed E-state index contributed by atoms with van der Waals surface area (Å²) in [6.07, 6.45) is 1.29. The van der Waals surface area contributed by atoms with Gasteiger partial charge in [-0.25, -0.2) is 0 Å². The lowest BCUT2D eigenvalue weighted by Gasteiger charge is -2.29. The van der Waals surface area contributed by atoms with Gasteiger partial charge in [-0.3, -0.25) is 19.7 Å². The summed E-state index contributed by atoms with van der Waals surface area (Å²) in [5.74, 6) is -2.13. The van der Waals surface area contributed by atoms with Crippen LogP contribution in [0.3, 0.4) is 0 Å². The highest BCUT2D eigenvalue weighted by Crippen LogP contribution is 2.60. The molecule has 3 fully saturated rings. The molecule has 4 atom stereocenters. The summed E-state index contributed by atoms with van der Waals surface area (Å²) in [5, 5.41) is 2.33. The standard InChI is InChI=1S/C11H14N2O4/c1-10-2-3-11(17-10,4-5(12)14)7-6(10)8(15)13-9(7)16/h6-7H,2-4H2,1H3,(H2,12,14)(H,13,15,16). The number of hydrogen-bond donors (Lipinski definition) is 2. The molecule has 0 aromatic heterocycles. The minimum Gasteiger partial charge on any atom is -0.370 e. The van der Waals surface area contributed by atoms with Crippen LogP contribution in [0.1, 0.15) is 26.2 Å². The summed E-state index contributed by atoms with van der Waals surface area (Å²) in [4.78, 5) is 34.7. The minimum atomic E-state index is -0.860. The van der Waals surface area contributed by atoms with Crippen LogP contribution < -0.4 is 11.1 Å². The third-order valence-electron chi connectivity index (χ3n) is 4.32. The largest absolute Gasteiger partial charge is 0.370 e. The van der Waals surface area contributed by atoms with E-state index in [1.807, 2.05) is 6.92 Å². The van der Waals surface area contributed by atoms with Gasteiger partial charge in [0, 0.05) is 0 Å². The Bertz CT molecular complexity index is 449. The first kappa shape index (κ1) is 10.7. The summed E-state index contributed by atoms with van der Waals surface area (Å²) in [6, 6.07) is 0. The maximum absolute atomic E-state index is 11.8. The van der Waals surface area contributed by atoms with Crippen LogP contribution in [-0.4, -0.2) is 28.9 Å². The number of carbonyl (C=O) groups is 3. The third kappa shape index (κ3) is 1.16. The van der Waals surface area contributed by atoms with Crippen LogP contribution in [0.4, 0.5) is 0 Å². The summed E-state index contributed by atoms with van der Waals surface area (Å²) in [5.41, 5.74) is 3.73. The molecule has 3 N–H and O–H groups in total. The molecule has 3 aliphatic heterocycles. The van der Waals surface area contributed by atoms with Gasteiger partial charge in [0.15, 0.2) is 0 Å². The van der Waals surface area contributed by atoms with Gasteiger partial charge in [-0.2, -0.15) is 0 Å². The van der Waals surface area contributed by atoms with Crippen molar-refractivity contribution in [3.8, 4) is 0 Å². The zero-order valence-electron chi connectivity index (χ0n) is 9.49. The maximum atomic E-state index is 11.8. The molecule has 92 valence electrons. The van der Waals surface area contributed by atoms with E-state index < -0.39 is 28.9 Å². The van der Waals surface area contributed by atoms with Crippen LogP contribution in [0.25, 0.3) is 0 Å². The van der Waals surface area contributed by atoms with Crippen molar-refractivity contribution in [3.05, 3.63) is 0 Å². The van der Waals surface area contributed by atoms with Crippen molar-refractivity contribution in [3.63, 3.8) is 0 Å². The van der Waals surface area contributed by atoms with Crippen molar-refractivity contribution in [2.75, 3.05) is 0 Å². The highest BCUT2D eigenvalue weighted by Gasteiger charge is 2.72. The fourth-order valence-electron chi connectivity index (χ4n) is 3.75. The van der Waals surface area contributed by atoms with E-state index in [1.165, 1.54) is 0 Å². The number of hydrogen-bond acceptors (Lipinski definition) is 4. The molecule has 6 nitrogen and oxygen atoms in total. The van der Waals surface area contributed by atoms with E-state index in [1.54, 1.807) is 0 Å². The monoisotopic (exact) mass is 238 g/mol. The fourth-order valence-corrected chi connectivity index (χ4v) is 3.75. The van der Waals surface area contributed by atoms with Gasteiger partial charge in [0.1, 0.15) is 0 Å². The normalized spacial score (nSPS) is 47.1. The molecule has 3 saturated heterocycles. The van der Waals surface area contributed by atoms with E-state index in [2.05, 4.69) is 5.32 Å². The molecule has 3 rings (SSSR count). The van der Waals surface area contributed by atoms with Crippen LogP contribution in [0.5, 0.6) is 0 Å². The molecular weight excluding hydrogens is 224 g/mol. The van der Waals surface area contributed by atoms with Crippen LogP contribution in [0.2, 0.25) is 0 Å². The van der Waals surface area contributed by atoms with Gasteiger partial charge in [-0.1, -0.05) is 0 Å². The second kappa shape index (κ2) is 2.87. The number of fused-ring (bicyclic) bond motifs is 5. The maximum Gasteiger partial charge on any atom is 0.233 e. The fraction of sp³-hybridized carbons (Fsp3) is 0.727. The lowest BCUT2D eigenvalue weighted by atomic mass is 9.67. The van der Waals surface area contributed by atoms with Gasteiger partial charge in [-0.05, 0) is 19.8 Å². The van der Waals surface area contributed by atoms with Gasteiger partial charge in [-0.15, -0.1) is 0 Å². The van der Waals surface area contributed by atoms with Gasteiger partial charge in [0.2, 0.25) is 17.7 Å². The molecule has 0 radical (unpaired) electrons. The van der Waals surface area contributed by atoms with E-state index in [0.29, 0.717) is 12.8 Å². The predicted molar refractivity (Wildman–Crippen MR) is 55.4 cm³/mol. The number of carbonyl (C=O) groups excluding carboxylic acids is 3. The first-order chi connectivity index (χ1) is 7.88. The van der Waals surface area contributed by atoms with Gasteiger partial charge in [0.25, 0.3) is 0 Å². The Kier molecular flexibility index (Phi) is 1.81. The van der Waals surface area contributed by atoms with Crippen molar-refractivity contribution in [1.29, 1.82) is 0 Å². The second-order valence-electron chi connectivity index (χ2n) is 5.43. The van der Waals surface area contributed by atoms with Crippen LogP contribution in [-0.2, 0) is 19.1 Å². The van der Waals surface area contributed by atoms with Crippen LogP contribution >= 0.6 is 0 Å². The molecule has 0 aliphatic carbocycles. The number of rotatable bonds is 2. The summed E-state index contributed by atoms with van der Waals surface area (Å²) < 4.78 is 5.88. The number of amides is 3. The topological polar surface area (TPSA) is 98.5 Å². The Morgan fingerprint density at radius 3 is 2.71 bits per heavy atom. The van der Waals surface area contributed by atoms with Crippen LogP contribution in [0.15, 0.2) is 0 Å². The third-order valence-corrected chi connectivity index (χ3v) is 4.32. The van der Waals surface area contributed by atoms with E-state index in [0.717, 1.165) is 0 Å². The summed E-state index contributed by atoms with van der Waals surface area (Å²) >= 11 is 0. The van der Waals surface area contributed by atoms with Crippen molar-refractivity contribution < 1.29 is 19.1 Å². The van der Waals surface area contributed by atoms with E-state index >= 15 is 0 Å². The molecule has 17 heavy (non-hydrogen) atoms. The number of nitrogens with one attached hydrogen (secondary N) is 1. The summed E-state index contributed by atoms with van der Waals surface area (Å²) in [6.45, 7) is 1.83. The molecule has 0 spiro atoms. The van der Waals surface area contributed by atoms with Gasteiger partial charge < -0.3 is 10.5 Å². The number of nitrogens with two attached hydrogens (primary N) is 1. The first-order valence-electron chi connectivity index (χ1n) is 5.71. The minimum absolute atomic E-state index is 0.00442. The molecule has 2 bridgehead atoms. The number of ether oxygens (including phenoxy) is 1. The SMILES string of the molecule is CC12CCC(CC(N)=O)(O1)C1C(=O)NC(=O)C12. The first-order valence-corrected chi connectivity index (χ1v) is 5.71. The predicted octanol–water partition coefficient (Wildman–Crippen LogP) is -0.928. The zero-order valence-corrected chi connectivity index (χ0v) is 9.49. The highest BCUT2D eigenvalue weighted by atomic mass is 16.5. The zero-order chi connectivity index (χ0) is 12.4. The number of imide groups is 1. The Balaban J connectivity index is 2.05. The Morgan fingerprint density at radius 2 is 2.06 bits per heavy atom. The molecule has 3 amide bonds. The van der Waals surface area contributed by atoms with E-state index in [-0.39, 0.29) is 18.2 Å². The summed E-state index contributed by atoms with van der Waals surface area (Å²) in [7, 11) is 0. The quantitative estimate of drug-likeness (QED) is 0.607. The van der Waals surface area contributed by atoms with Gasteiger partial charge in [0.05, 0.1) is 29.5 Å². The second-order valence-corrected chi connectivity index (χ2v) is 5.43. The van der Waals surface area contributed by atoms with Crippen molar-refractivity contribution in [2.24, 2.45) is 17.6 Å². The lowest BCUT2D eigenvalue weighted by molar-refractivity contribution is -0.136. The van der Waals surface area contributed by atoms with Crippen molar-refractivity contribution in [1.82, 2.24) is 5.32 Å². The molecule has 0 aromatic rings. The average molecular weight is 238 g/mol. The Morgan fingerprint density at radius 1 is 1.41 bits per heavy atom. The highest BCUT2D eigenvalue weighted by molar-refractivity contribution is 6.07. The molecule has 4 unspecified atom stereocenters.